The highest BCUT2D eigenvalue weighted by Gasteiger charge is 2.05. The molecule has 0 radical (unpaired) electrons. The van der Waals surface area contributed by atoms with Crippen molar-refractivity contribution >= 4 is 17.3 Å². The molecule has 0 bridgehead atoms. The maximum absolute atomic E-state index is 4.55. The first-order chi connectivity index (χ1) is 9.93. The van der Waals surface area contributed by atoms with Gasteiger partial charge in [-0.3, -0.25) is 4.99 Å². The van der Waals surface area contributed by atoms with E-state index in [0.717, 1.165) is 37.7 Å². The summed E-state index contributed by atoms with van der Waals surface area (Å²) < 4.78 is 0. The summed E-state index contributed by atoms with van der Waals surface area (Å²) in [6.07, 6.45) is 0.936. The van der Waals surface area contributed by atoms with Gasteiger partial charge in [0, 0.05) is 44.0 Å². The van der Waals surface area contributed by atoms with Crippen LogP contribution in [0.2, 0.25) is 0 Å². The van der Waals surface area contributed by atoms with Gasteiger partial charge in [0.25, 0.3) is 0 Å². The molecule has 1 aromatic heterocycles. The third-order valence-corrected chi connectivity index (χ3v) is 4.70. The number of thiazole rings is 1. The predicted molar refractivity (Wildman–Crippen MR) is 92.4 cm³/mol. The number of aromatic nitrogens is 1. The molecule has 0 amide bonds. The van der Waals surface area contributed by atoms with E-state index in [1.54, 1.807) is 18.4 Å². The summed E-state index contributed by atoms with van der Waals surface area (Å²) in [5, 5.41) is 7.86. The molecule has 1 aromatic rings. The molecule has 0 unspecified atom stereocenters. The standard InChI is InChI=1S/C15H29N5S/c1-11(2)20(6)10-9-18-15(16-5)17-8-7-14-19-12(3)13(4)21-14/h11H,7-10H2,1-6H3,(H2,16,17,18). The van der Waals surface area contributed by atoms with Crippen LogP contribution in [0.4, 0.5) is 0 Å². The molecular formula is C15H29N5S. The lowest BCUT2D eigenvalue weighted by molar-refractivity contribution is 0.278. The van der Waals surface area contributed by atoms with Crippen molar-refractivity contribution in [3.05, 3.63) is 15.6 Å². The van der Waals surface area contributed by atoms with Crippen LogP contribution in [0.25, 0.3) is 0 Å². The Morgan fingerprint density at radius 3 is 2.48 bits per heavy atom. The highest BCUT2D eigenvalue weighted by atomic mass is 32.1. The summed E-state index contributed by atoms with van der Waals surface area (Å²) in [5.41, 5.74) is 1.15. The number of hydrogen-bond acceptors (Lipinski definition) is 4. The van der Waals surface area contributed by atoms with Crippen LogP contribution in [-0.2, 0) is 6.42 Å². The average Bonchev–Trinajstić information content (AvgIpc) is 2.75. The zero-order chi connectivity index (χ0) is 15.8. The molecule has 0 saturated carbocycles. The van der Waals surface area contributed by atoms with E-state index in [1.807, 2.05) is 0 Å². The number of nitrogens with zero attached hydrogens (tertiary/aromatic N) is 3. The van der Waals surface area contributed by atoms with Crippen LogP contribution in [0.5, 0.6) is 0 Å². The van der Waals surface area contributed by atoms with Gasteiger partial charge >= 0.3 is 0 Å². The molecule has 0 aromatic carbocycles. The van der Waals surface area contributed by atoms with E-state index in [1.165, 1.54) is 9.88 Å². The smallest absolute Gasteiger partial charge is 0.191 e. The Kier molecular flexibility index (Phi) is 7.67. The van der Waals surface area contributed by atoms with E-state index in [2.05, 4.69) is 60.3 Å². The van der Waals surface area contributed by atoms with Gasteiger partial charge in [-0.25, -0.2) is 4.98 Å². The Bertz CT molecular complexity index is 433. The monoisotopic (exact) mass is 311 g/mol. The lowest BCUT2D eigenvalue weighted by Gasteiger charge is -2.21. The third kappa shape index (κ3) is 6.44. The summed E-state index contributed by atoms with van der Waals surface area (Å²) in [6.45, 7) is 11.3. The first-order valence-electron chi connectivity index (χ1n) is 7.51. The number of rotatable bonds is 7. The summed E-state index contributed by atoms with van der Waals surface area (Å²) in [6, 6.07) is 0.568. The highest BCUT2D eigenvalue weighted by Crippen LogP contribution is 2.16. The predicted octanol–water partition coefficient (Wildman–Crippen LogP) is 1.81. The van der Waals surface area contributed by atoms with E-state index < -0.39 is 0 Å². The lowest BCUT2D eigenvalue weighted by Crippen LogP contribution is -2.42. The van der Waals surface area contributed by atoms with E-state index in [4.69, 9.17) is 0 Å². The number of aryl methyl sites for hydroxylation is 2. The second-order valence-electron chi connectivity index (χ2n) is 5.50. The molecule has 0 aliphatic rings. The van der Waals surface area contributed by atoms with Gasteiger partial charge in [0.05, 0.1) is 10.7 Å². The Morgan fingerprint density at radius 2 is 1.95 bits per heavy atom. The van der Waals surface area contributed by atoms with Gasteiger partial charge in [0.2, 0.25) is 0 Å². The van der Waals surface area contributed by atoms with Crippen LogP contribution in [-0.4, -0.2) is 55.6 Å². The molecule has 1 rings (SSSR count). The van der Waals surface area contributed by atoms with Crippen LogP contribution in [0.15, 0.2) is 4.99 Å². The second-order valence-corrected chi connectivity index (χ2v) is 6.79. The molecule has 21 heavy (non-hydrogen) atoms. The van der Waals surface area contributed by atoms with E-state index in [-0.39, 0.29) is 0 Å². The molecular weight excluding hydrogens is 282 g/mol. The van der Waals surface area contributed by atoms with Gasteiger partial charge in [-0.05, 0) is 34.7 Å². The third-order valence-electron chi connectivity index (χ3n) is 3.57. The molecule has 0 spiro atoms. The minimum Gasteiger partial charge on any atom is -0.356 e. The Hall–Kier alpha value is -1.14. The van der Waals surface area contributed by atoms with Crippen molar-refractivity contribution in [1.82, 2.24) is 20.5 Å². The van der Waals surface area contributed by atoms with Gasteiger partial charge < -0.3 is 15.5 Å². The SMILES string of the molecule is CN=C(NCCc1nc(C)c(C)s1)NCCN(C)C(C)C. The molecule has 120 valence electrons. The minimum absolute atomic E-state index is 0.568. The van der Waals surface area contributed by atoms with Crippen molar-refractivity contribution in [3.63, 3.8) is 0 Å². The van der Waals surface area contributed by atoms with Gasteiger partial charge in [-0.15, -0.1) is 11.3 Å². The van der Waals surface area contributed by atoms with Crippen molar-refractivity contribution in [3.8, 4) is 0 Å². The number of likely N-dealkylation sites (N-methyl/N-ethyl adjacent to an activating group) is 1. The van der Waals surface area contributed by atoms with Crippen molar-refractivity contribution in [2.45, 2.75) is 40.2 Å². The lowest BCUT2D eigenvalue weighted by atomic mass is 10.3. The molecule has 0 aliphatic carbocycles. The van der Waals surface area contributed by atoms with Crippen molar-refractivity contribution in [2.75, 3.05) is 33.7 Å². The normalized spacial score (nSPS) is 12.3. The van der Waals surface area contributed by atoms with Gasteiger partial charge in [0.15, 0.2) is 5.96 Å². The van der Waals surface area contributed by atoms with Gasteiger partial charge in [0.1, 0.15) is 0 Å². The Balaban J connectivity index is 2.25. The molecule has 1 heterocycles. The molecule has 2 N–H and O–H groups in total. The van der Waals surface area contributed by atoms with E-state index in [0.29, 0.717) is 6.04 Å². The maximum Gasteiger partial charge on any atom is 0.191 e. The maximum atomic E-state index is 4.55. The first-order valence-corrected chi connectivity index (χ1v) is 8.33. The van der Waals surface area contributed by atoms with Crippen molar-refractivity contribution < 1.29 is 0 Å². The quantitative estimate of drug-likeness (QED) is 0.596. The van der Waals surface area contributed by atoms with Crippen molar-refractivity contribution in [2.24, 2.45) is 4.99 Å². The minimum atomic E-state index is 0.568. The Morgan fingerprint density at radius 1 is 1.29 bits per heavy atom. The molecule has 0 saturated heterocycles. The number of hydrogen-bond donors (Lipinski definition) is 2. The highest BCUT2D eigenvalue weighted by molar-refractivity contribution is 7.11. The number of aliphatic imine (C=N–C) groups is 1. The van der Waals surface area contributed by atoms with E-state index >= 15 is 0 Å². The van der Waals surface area contributed by atoms with Gasteiger partial charge in [-0.2, -0.15) is 0 Å². The second kappa shape index (κ2) is 9.00. The van der Waals surface area contributed by atoms with Gasteiger partial charge in [-0.1, -0.05) is 0 Å². The molecule has 0 atom stereocenters. The van der Waals surface area contributed by atoms with Crippen LogP contribution < -0.4 is 10.6 Å². The summed E-state index contributed by atoms with van der Waals surface area (Å²) >= 11 is 1.78. The zero-order valence-corrected chi connectivity index (χ0v) is 15.0. The molecule has 0 aliphatic heterocycles. The fourth-order valence-corrected chi connectivity index (χ4v) is 2.70. The fourth-order valence-electron chi connectivity index (χ4n) is 1.76. The largest absolute Gasteiger partial charge is 0.356 e. The summed E-state index contributed by atoms with van der Waals surface area (Å²) in [5.74, 6) is 0.858. The topological polar surface area (TPSA) is 52.6 Å². The number of nitrogens with one attached hydrogen (secondary N) is 2. The van der Waals surface area contributed by atoms with Crippen LogP contribution in [0, 0.1) is 13.8 Å². The first kappa shape index (κ1) is 17.9. The Labute approximate surface area is 132 Å². The fraction of sp³-hybridized carbons (Fsp3) is 0.733. The zero-order valence-electron chi connectivity index (χ0n) is 14.2. The molecule has 5 nitrogen and oxygen atoms in total. The molecule has 6 heteroatoms. The molecule has 0 fully saturated rings. The number of guanidine groups is 1. The summed E-state index contributed by atoms with van der Waals surface area (Å²) in [7, 11) is 3.94. The average molecular weight is 311 g/mol. The summed E-state index contributed by atoms with van der Waals surface area (Å²) in [4.78, 5) is 12.4. The van der Waals surface area contributed by atoms with Crippen LogP contribution in [0.1, 0.15) is 29.4 Å². The van der Waals surface area contributed by atoms with Crippen LogP contribution >= 0.6 is 11.3 Å². The van der Waals surface area contributed by atoms with Crippen molar-refractivity contribution in [1.29, 1.82) is 0 Å². The van der Waals surface area contributed by atoms with E-state index in [9.17, 15) is 0 Å². The van der Waals surface area contributed by atoms with Crippen LogP contribution in [0.3, 0.4) is 0 Å².